The average Bonchev–Trinajstić information content (AvgIpc) is 3.15. The van der Waals surface area contributed by atoms with E-state index in [1.165, 1.54) is 37.8 Å². The molecule has 1 aromatic rings. The lowest BCUT2D eigenvalue weighted by Crippen LogP contribution is -2.47. The largest absolute Gasteiger partial charge is 0.357 e. The highest BCUT2D eigenvalue weighted by molar-refractivity contribution is 7.80. The van der Waals surface area contributed by atoms with Crippen LogP contribution < -0.4 is 16.2 Å². The molecule has 3 N–H and O–H groups in total. The minimum Gasteiger partial charge on any atom is -0.357 e. The predicted molar refractivity (Wildman–Crippen MR) is 90.7 cm³/mol. The monoisotopic (exact) mass is 335 g/mol. The number of hydrogen-bond acceptors (Lipinski definition) is 2. The smallest absolute Gasteiger partial charge is 0.238 e. The van der Waals surface area contributed by atoms with Crippen LogP contribution in [0.1, 0.15) is 37.7 Å². The van der Waals surface area contributed by atoms with Gasteiger partial charge in [-0.05, 0) is 66.9 Å². The summed E-state index contributed by atoms with van der Waals surface area (Å²) < 4.78 is 12.8. The molecule has 0 radical (unpaired) electrons. The summed E-state index contributed by atoms with van der Waals surface area (Å²) in [5, 5.41) is 3.33. The zero-order valence-electron chi connectivity index (χ0n) is 13.0. The third-order valence-corrected chi connectivity index (χ3v) is 5.26. The van der Waals surface area contributed by atoms with Gasteiger partial charge in [-0.3, -0.25) is 15.6 Å². The Hall–Kier alpha value is -1.69. The molecule has 2 fully saturated rings. The van der Waals surface area contributed by atoms with Crippen LogP contribution in [0, 0.1) is 23.6 Å². The molecule has 124 valence electrons. The van der Waals surface area contributed by atoms with Crippen molar-refractivity contribution in [3.8, 4) is 0 Å². The Morgan fingerprint density at radius 2 is 1.96 bits per heavy atom. The molecule has 0 spiro atoms. The highest BCUT2D eigenvalue weighted by atomic mass is 32.1. The molecule has 2 aliphatic carbocycles. The maximum Gasteiger partial charge on any atom is 0.238 e. The van der Waals surface area contributed by atoms with Crippen molar-refractivity contribution in [2.45, 2.75) is 38.6 Å². The molecule has 3 atom stereocenters. The molecule has 1 aromatic carbocycles. The first-order valence-electron chi connectivity index (χ1n) is 8.17. The van der Waals surface area contributed by atoms with Crippen molar-refractivity contribution in [2.24, 2.45) is 17.8 Å². The van der Waals surface area contributed by atoms with Gasteiger partial charge in [0.05, 0.1) is 0 Å². The molecule has 0 aliphatic heterocycles. The van der Waals surface area contributed by atoms with Gasteiger partial charge in [0.25, 0.3) is 0 Å². The van der Waals surface area contributed by atoms with Crippen molar-refractivity contribution in [1.82, 2.24) is 16.2 Å². The van der Waals surface area contributed by atoms with E-state index in [4.69, 9.17) is 12.2 Å². The van der Waals surface area contributed by atoms with E-state index < -0.39 is 0 Å². The van der Waals surface area contributed by atoms with Gasteiger partial charge in [-0.1, -0.05) is 18.6 Å². The molecule has 0 saturated heterocycles. The minimum absolute atomic E-state index is 0.00604. The van der Waals surface area contributed by atoms with Gasteiger partial charge in [0.1, 0.15) is 5.82 Å². The number of fused-ring (bicyclic) bond motifs is 2. The van der Waals surface area contributed by atoms with Crippen LogP contribution in [-0.4, -0.2) is 11.0 Å². The lowest BCUT2D eigenvalue weighted by molar-refractivity contribution is -0.122. The van der Waals surface area contributed by atoms with Crippen LogP contribution in [0.3, 0.4) is 0 Å². The van der Waals surface area contributed by atoms with Crippen LogP contribution in [0.2, 0.25) is 0 Å². The van der Waals surface area contributed by atoms with Crippen LogP contribution in [-0.2, 0) is 11.3 Å². The summed E-state index contributed by atoms with van der Waals surface area (Å²) in [7, 11) is 0. The Morgan fingerprint density at radius 1 is 1.17 bits per heavy atom. The first kappa shape index (κ1) is 16.2. The Labute approximate surface area is 141 Å². The number of rotatable bonds is 4. The van der Waals surface area contributed by atoms with Crippen molar-refractivity contribution >= 4 is 23.2 Å². The molecule has 0 aromatic heterocycles. The standard InChI is InChI=1S/C17H22FN3OS/c18-15-5-2-11(3-6-15)10-19-17(23)21-20-16(22)9-14-8-12-1-4-13(14)7-12/h2-3,5-6,12-14H,1,4,7-10H2,(H,20,22)(H2,19,21,23)/t12-,13-,14+/m1/s1. The second-order valence-electron chi connectivity index (χ2n) is 6.62. The van der Waals surface area contributed by atoms with Gasteiger partial charge >= 0.3 is 0 Å². The fourth-order valence-electron chi connectivity index (χ4n) is 3.87. The number of amides is 1. The van der Waals surface area contributed by atoms with E-state index in [9.17, 15) is 9.18 Å². The second kappa shape index (κ2) is 7.25. The van der Waals surface area contributed by atoms with Crippen molar-refractivity contribution in [3.05, 3.63) is 35.6 Å². The Kier molecular flexibility index (Phi) is 5.10. The summed E-state index contributed by atoms with van der Waals surface area (Å²) in [6.07, 6.45) is 5.72. The van der Waals surface area contributed by atoms with Crippen molar-refractivity contribution in [2.75, 3.05) is 0 Å². The molecule has 23 heavy (non-hydrogen) atoms. The van der Waals surface area contributed by atoms with E-state index in [0.717, 1.165) is 17.4 Å². The van der Waals surface area contributed by atoms with Crippen LogP contribution in [0.5, 0.6) is 0 Å². The molecular weight excluding hydrogens is 313 g/mol. The highest BCUT2D eigenvalue weighted by Crippen LogP contribution is 2.49. The maximum absolute atomic E-state index is 12.8. The van der Waals surface area contributed by atoms with Gasteiger partial charge in [-0.2, -0.15) is 0 Å². The molecule has 4 nitrogen and oxygen atoms in total. The first-order chi connectivity index (χ1) is 11.1. The Balaban J connectivity index is 1.34. The van der Waals surface area contributed by atoms with Gasteiger partial charge in [-0.25, -0.2) is 4.39 Å². The summed E-state index contributed by atoms with van der Waals surface area (Å²) >= 11 is 5.12. The van der Waals surface area contributed by atoms with E-state index >= 15 is 0 Å². The lowest BCUT2D eigenvalue weighted by Gasteiger charge is -2.21. The van der Waals surface area contributed by atoms with E-state index in [1.807, 2.05) is 0 Å². The zero-order valence-corrected chi connectivity index (χ0v) is 13.8. The molecule has 2 aliphatic rings. The van der Waals surface area contributed by atoms with Gasteiger partial charge < -0.3 is 5.32 Å². The number of nitrogens with one attached hydrogen (secondary N) is 3. The predicted octanol–water partition coefficient (Wildman–Crippen LogP) is 2.65. The average molecular weight is 335 g/mol. The first-order valence-corrected chi connectivity index (χ1v) is 8.58. The summed E-state index contributed by atoms with van der Waals surface area (Å²) in [5.74, 6) is 1.87. The third-order valence-electron chi connectivity index (χ3n) is 5.01. The summed E-state index contributed by atoms with van der Waals surface area (Å²) in [6.45, 7) is 0.481. The van der Waals surface area contributed by atoms with Gasteiger partial charge in [0.15, 0.2) is 5.11 Å². The number of hydrogen-bond donors (Lipinski definition) is 3. The number of hydrazine groups is 1. The Bertz CT molecular complexity index is 578. The van der Waals surface area contributed by atoms with E-state index in [0.29, 0.717) is 24.0 Å². The number of halogens is 1. The van der Waals surface area contributed by atoms with Crippen molar-refractivity contribution in [3.63, 3.8) is 0 Å². The van der Waals surface area contributed by atoms with Crippen LogP contribution in [0.25, 0.3) is 0 Å². The van der Waals surface area contributed by atoms with Crippen molar-refractivity contribution in [1.29, 1.82) is 0 Å². The molecule has 0 heterocycles. The second-order valence-corrected chi connectivity index (χ2v) is 7.03. The number of carbonyl (C=O) groups is 1. The molecule has 2 bridgehead atoms. The number of thiocarbonyl (C=S) groups is 1. The third kappa shape index (κ3) is 4.41. The molecule has 1 amide bonds. The molecule has 0 unspecified atom stereocenters. The quantitative estimate of drug-likeness (QED) is 0.585. The van der Waals surface area contributed by atoms with Crippen LogP contribution >= 0.6 is 12.2 Å². The molecule has 6 heteroatoms. The van der Waals surface area contributed by atoms with Gasteiger partial charge in [0, 0.05) is 13.0 Å². The van der Waals surface area contributed by atoms with E-state index in [-0.39, 0.29) is 11.7 Å². The maximum atomic E-state index is 12.8. The normalized spacial score (nSPS) is 25.2. The van der Waals surface area contributed by atoms with Crippen LogP contribution in [0.4, 0.5) is 4.39 Å². The van der Waals surface area contributed by atoms with E-state index in [2.05, 4.69) is 16.2 Å². The minimum atomic E-state index is -0.262. The number of benzene rings is 1. The van der Waals surface area contributed by atoms with Crippen molar-refractivity contribution < 1.29 is 9.18 Å². The lowest BCUT2D eigenvalue weighted by atomic mass is 9.86. The van der Waals surface area contributed by atoms with Gasteiger partial charge in [-0.15, -0.1) is 0 Å². The summed E-state index contributed by atoms with van der Waals surface area (Å²) in [4.78, 5) is 12.0. The molecule has 2 saturated carbocycles. The van der Waals surface area contributed by atoms with E-state index in [1.54, 1.807) is 12.1 Å². The SMILES string of the molecule is O=C(C[C@@H]1C[C@@H]2CC[C@@H]1C2)NNC(=S)NCc1ccc(F)cc1. The highest BCUT2D eigenvalue weighted by Gasteiger charge is 2.40. The fourth-order valence-corrected chi connectivity index (χ4v) is 3.99. The van der Waals surface area contributed by atoms with Crippen LogP contribution in [0.15, 0.2) is 24.3 Å². The number of carbonyl (C=O) groups excluding carboxylic acids is 1. The Morgan fingerprint density at radius 3 is 2.61 bits per heavy atom. The van der Waals surface area contributed by atoms with Gasteiger partial charge in [0.2, 0.25) is 5.91 Å². The molecule has 3 rings (SSSR count). The topological polar surface area (TPSA) is 53.2 Å². The fraction of sp³-hybridized carbons (Fsp3) is 0.529. The summed E-state index contributed by atoms with van der Waals surface area (Å²) in [6, 6.07) is 6.20. The molecular formula is C17H22FN3OS. The summed E-state index contributed by atoms with van der Waals surface area (Å²) in [5.41, 5.74) is 6.31. The zero-order chi connectivity index (χ0) is 16.2.